The molecule has 0 atom stereocenters. The second-order valence-electron chi connectivity index (χ2n) is 2.86. The van der Waals surface area contributed by atoms with Gasteiger partial charge in [0.15, 0.2) is 0 Å². The molecule has 0 aliphatic carbocycles. The molecule has 0 N–H and O–H groups in total. The molecule has 0 fully saturated rings. The average Bonchev–Trinajstić information content (AvgIpc) is 2.31. The lowest BCUT2D eigenvalue weighted by molar-refractivity contribution is 1.75. The second-order valence-corrected chi connectivity index (χ2v) is 4.26. The van der Waals surface area contributed by atoms with Crippen LogP contribution in [-0.4, -0.2) is 11.9 Å². The van der Waals surface area contributed by atoms with E-state index in [4.69, 9.17) is 2.47 Å². The topological polar surface area (TPSA) is 0 Å². The molecule has 1 heteroatoms. The molecule has 0 saturated carbocycles. The Morgan fingerprint density at radius 1 is 0.692 bits per heavy atom. The van der Waals surface area contributed by atoms with Crippen LogP contribution in [0.1, 0.15) is 0 Å². The van der Waals surface area contributed by atoms with Gasteiger partial charge in [-0.3, -0.25) is 0 Å². The highest BCUT2D eigenvalue weighted by atomic mass is 28.2. The van der Waals surface area contributed by atoms with Gasteiger partial charge < -0.3 is 0 Å². The van der Waals surface area contributed by atoms with Crippen molar-refractivity contribution in [2.75, 3.05) is 0 Å². The standard InChI is InChI=1S/C12H12Si/c1-3-7-11(8-4-1)13-12-9-5-2-6-10-12/h1-10H,13H2/i13D2. The van der Waals surface area contributed by atoms with Gasteiger partial charge in [-0.15, -0.1) is 0 Å². The Balaban J connectivity index is 2.44. The fraction of sp³-hybridized carbons (Fsp3) is 0. The van der Waals surface area contributed by atoms with E-state index in [0.29, 0.717) is 0 Å². The summed E-state index contributed by atoms with van der Waals surface area (Å²) in [6.07, 6.45) is 0. The maximum atomic E-state index is 8.21. The molecule has 0 bridgehead atoms. The zero-order valence-electron chi connectivity index (χ0n) is 9.27. The summed E-state index contributed by atoms with van der Waals surface area (Å²) in [6, 6.07) is 18.9. The van der Waals surface area contributed by atoms with Crippen LogP contribution < -0.4 is 10.4 Å². The highest BCUT2D eigenvalue weighted by Gasteiger charge is 1.93. The summed E-state index contributed by atoms with van der Waals surface area (Å²) in [6.45, 7) is 0. The summed E-state index contributed by atoms with van der Waals surface area (Å²) in [4.78, 5) is 0. The first kappa shape index (κ1) is 6.16. The third kappa shape index (κ3) is 2.29. The molecule has 0 unspecified atom stereocenters. The second kappa shape index (κ2) is 4.05. The van der Waals surface area contributed by atoms with E-state index in [9.17, 15) is 0 Å². The first-order valence-corrected chi connectivity index (χ1v) is 5.32. The average molecular weight is 186 g/mol. The van der Waals surface area contributed by atoms with Crippen LogP contribution in [0.4, 0.5) is 0 Å². The summed E-state index contributed by atoms with van der Waals surface area (Å²) in [5.74, 6) is 0. The van der Waals surface area contributed by atoms with E-state index in [2.05, 4.69) is 0 Å². The minimum atomic E-state index is -2.96. The van der Waals surface area contributed by atoms with Crippen LogP contribution in [0.2, 0.25) is 0 Å². The molecule has 0 aromatic heterocycles. The van der Waals surface area contributed by atoms with Crippen molar-refractivity contribution in [3.63, 3.8) is 0 Å². The van der Waals surface area contributed by atoms with Gasteiger partial charge in [0, 0.05) is 2.47 Å². The molecule has 0 radical (unpaired) electrons. The molecule has 0 heterocycles. The van der Waals surface area contributed by atoms with E-state index in [-0.39, 0.29) is 0 Å². The maximum Gasteiger partial charge on any atom is 0.0875 e. The fourth-order valence-electron chi connectivity index (χ4n) is 1.21. The number of benzene rings is 2. The van der Waals surface area contributed by atoms with Gasteiger partial charge >= 0.3 is 0 Å². The van der Waals surface area contributed by atoms with Crippen molar-refractivity contribution in [3.05, 3.63) is 60.7 Å². The van der Waals surface area contributed by atoms with Crippen LogP contribution in [0, 0.1) is 0 Å². The van der Waals surface area contributed by atoms with Crippen molar-refractivity contribution in [1.29, 1.82) is 2.47 Å². The molecule has 2 aromatic carbocycles. The molecule has 0 spiro atoms. The van der Waals surface area contributed by atoms with Gasteiger partial charge in [-0.2, -0.15) is 0 Å². The number of hydrogen-bond donors (Lipinski definition) is 0. The van der Waals surface area contributed by atoms with E-state index in [0.717, 1.165) is 10.4 Å². The highest BCUT2D eigenvalue weighted by Crippen LogP contribution is 1.84. The molecule has 0 aliphatic heterocycles. The van der Waals surface area contributed by atoms with E-state index in [1.165, 1.54) is 0 Å². The lowest BCUT2D eigenvalue weighted by atomic mass is 10.4. The van der Waals surface area contributed by atoms with E-state index in [1.54, 1.807) is 0 Å². The van der Waals surface area contributed by atoms with Gasteiger partial charge in [0.1, 0.15) is 0 Å². The Morgan fingerprint density at radius 2 is 1.08 bits per heavy atom. The maximum absolute atomic E-state index is 8.21. The lowest BCUT2D eigenvalue weighted by Crippen LogP contribution is -2.26. The molecule has 64 valence electrons. The molecule has 0 aliphatic rings. The zero-order chi connectivity index (χ0) is 10.7. The van der Waals surface area contributed by atoms with Crippen LogP contribution in [0.3, 0.4) is 0 Å². The molecule has 2 rings (SSSR count). The van der Waals surface area contributed by atoms with E-state index >= 15 is 0 Å². The highest BCUT2D eigenvalue weighted by molar-refractivity contribution is 6.67. The third-order valence-corrected chi connectivity index (χ3v) is 3.08. The predicted molar refractivity (Wildman–Crippen MR) is 60.7 cm³/mol. The summed E-state index contributed by atoms with van der Waals surface area (Å²) < 4.78 is 16.4. The Labute approximate surface area is 83.5 Å². The monoisotopic (exact) mass is 186 g/mol. The number of hydrogen-bond acceptors (Lipinski definition) is 0. The van der Waals surface area contributed by atoms with Crippen molar-refractivity contribution in [2.45, 2.75) is 0 Å². The summed E-state index contributed by atoms with van der Waals surface area (Å²) in [5, 5.41) is 1.66. The van der Waals surface area contributed by atoms with Gasteiger partial charge in [0.2, 0.25) is 0 Å². The first-order chi connectivity index (χ1) is 7.21. The molecule has 0 amide bonds. The van der Waals surface area contributed by atoms with Crippen molar-refractivity contribution in [1.82, 2.24) is 0 Å². The Morgan fingerprint density at radius 3 is 1.46 bits per heavy atom. The van der Waals surface area contributed by atoms with Gasteiger partial charge in [0.05, 0.1) is 9.38 Å². The fourth-order valence-corrected chi connectivity index (χ4v) is 2.26. The van der Waals surface area contributed by atoms with Gasteiger partial charge in [-0.25, -0.2) is 0 Å². The third-order valence-electron chi connectivity index (χ3n) is 1.84. The summed E-state index contributed by atoms with van der Waals surface area (Å²) in [5.41, 5.74) is 0. The normalized spacial score (nSPS) is 13.2. The van der Waals surface area contributed by atoms with E-state index < -0.39 is 9.38 Å². The van der Waals surface area contributed by atoms with E-state index in [1.807, 2.05) is 60.7 Å². The zero-order valence-corrected chi connectivity index (χ0v) is 8.27. The lowest BCUT2D eigenvalue weighted by Gasteiger charge is -1.99. The predicted octanol–water partition coefficient (Wildman–Crippen LogP) is 0.806. The number of rotatable bonds is 2. The SMILES string of the molecule is [2H][Si]([2H])(c1ccccc1)c1ccccc1. The molecule has 0 nitrogen and oxygen atoms in total. The van der Waals surface area contributed by atoms with Crippen molar-refractivity contribution in [3.8, 4) is 0 Å². The molecule has 2 aromatic rings. The quantitative estimate of drug-likeness (QED) is 0.609. The molecular formula is C12H12Si. The summed E-state index contributed by atoms with van der Waals surface area (Å²) >= 11 is 0. The summed E-state index contributed by atoms with van der Waals surface area (Å²) in [7, 11) is -2.96. The van der Waals surface area contributed by atoms with Crippen molar-refractivity contribution < 1.29 is 0 Å². The van der Waals surface area contributed by atoms with Gasteiger partial charge in [-0.1, -0.05) is 71.0 Å². The van der Waals surface area contributed by atoms with Crippen LogP contribution >= 0.6 is 0 Å². The molecular weight excluding hydrogens is 172 g/mol. The van der Waals surface area contributed by atoms with Gasteiger partial charge in [0.25, 0.3) is 0 Å². The first-order valence-electron chi connectivity index (χ1n) is 5.32. The molecule has 13 heavy (non-hydrogen) atoms. The van der Waals surface area contributed by atoms with Crippen LogP contribution in [0.5, 0.6) is 0 Å². The van der Waals surface area contributed by atoms with Crippen molar-refractivity contribution >= 4 is 19.8 Å². The Kier molecular flexibility index (Phi) is 1.92. The van der Waals surface area contributed by atoms with Crippen LogP contribution in [0.15, 0.2) is 60.7 Å². The van der Waals surface area contributed by atoms with Crippen molar-refractivity contribution in [2.24, 2.45) is 0 Å². The molecule has 0 saturated heterocycles. The van der Waals surface area contributed by atoms with Gasteiger partial charge in [-0.05, 0) is 0 Å². The Hall–Kier alpha value is -1.34. The van der Waals surface area contributed by atoms with Crippen LogP contribution in [0.25, 0.3) is 0 Å². The minimum absolute atomic E-state index is 0.830. The Bertz CT molecular complexity index is 384. The minimum Gasteiger partial charge on any atom is -0.0633 e. The smallest absolute Gasteiger partial charge is 0.0633 e. The van der Waals surface area contributed by atoms with Crippen LogP contribution in [-0.2, 0) is 0 Å². The largest absolute Gasteiger partial charge is 0.0875 e.